The number of hydrogen-bond acceptors (Lipinski definition) is 2. The van der Waals surface area contributed by atoms with Gasteiger partial charge in [0.25, 0.3) is 0 Å². The lowest BCUT2D eigenvalue weighted by molar-refractivity contribution is -0.130. The van der Waals surface area contributed by atoms with Gasteiger partial charge in [-0.05, 0) is 27.2 Å². The SMILES string of the molecule is C=CCC(C)NCC(=O)N(C)C(C)C. The van der Waals surface area contributed by atoms with Gasteiger partial charge >= 0.3 is 0 Å². The molecule has 0 aliphatic heterocycles. The third-order valence-electron chi connectivity index (χ3n) is 2.29. The second-order valence-corrected chi connectivity index (χ2v) is 3.90. The number of nitrogens with one attached hydrogen (secondary N) is 1. The molecule has 0 saturated carbocycles. The zero-order valence-corrected chi connectivity index (χ0v) is 9.71. The summed E-state index contributed by atoms with van der Waals surface area (Å²) in [4.78, 5) is 13.3. The molecule has 0 aromatic rings. The fraction of sp³-hybridized carbons (Fsp3) is 0.727. The Morgan fingerprint density at radius 2 is 2.07 bits per heavy atom. The van der Waals surface area contributed by atoms with Crippen LogP contribution >= 0.6 is 0 Å². The quantitative estimate of drug-likeness (QED) is 0.654. The fourth-order valence-electron chi connectivity index (χ4n) is 1.01. The van der Waals surface area contributed by atoms with E-state index in [2.05, 4.69) is 11.9 Å². The molecule has 1 N–H and O–H groups in total. The second kappa shape index (κ2) is 6.60. The van der Waals surface area contributed by atoms with Gasteiger partial charge in [0, 0.05) is 19.1 Å². The molecule has 0 aliphatic rings. The molecule has 0 saturated heterocycles. The molecule has 0 spiro atoms. The van der Waals surface area contributed by atoms with Gasteiger partial charge < -0.3 is 10.2 Å². The summed E-state index contributed by atoms with van der Waals surface area (Å²) < 4.78 is 0. The molecule has 0 aromatic carbocycles. The first kappa shape index (κ1) is 13.2. The van der Waals surface area contributed by atoms with E-state index in [1.165, 1.54) is 0 Å². The first-order valence-corrected chi connectivity index (χ1v) is 5.09. The van der Waals surface area contributed by atoms with Crippen molar-refractivity contribution in [1.29, 1.82) is 0 Å². The van der Waals surface area contributed by atoms with Crippen LogP contribution in [0.25, 0.3) is 0 Å². The summed E-state index contributed by atoms with van der Waals surface area (Å²) in [6, 6.07) is 0.580. The van der Waals surface area contributed by atoms with Crippen molar-refractivity contribution in [3.8, 4) is 0 Å². The lowest BCUT2D eigenvalue weighted by Crippen LogP contribution is -2.41. The zero-order valence-electron chi connectivity index (χ0n) is 9.71. The van der Waals surface area contributed by atoms with Gasteiger partial charge in [-0.25, -0.2) is 0 Å². The minimum absolute atomic E-state index is 0.135. The Bertz CT molecular complexity index is 190. The van der Waals surface area contributed by atoms with Crippen LogP contribution in [0, 0.1) is 0 Å². The average Bonchev–Trinajstić information content (AvgIpc) is 2.13. The molecule has 0 aliphatic carbocycles. The van der Waals surface area contributed by atoms with Crippen LogP contribution < -0.4 is 5.32 Å². The Morgan fingerprint density at radius 3 is 2.50 bits per heavy atom. The topological polar surface area (TPSA) is 32.3 Å². The Morgan fingerprint density at radius 1 is 1.50 bits per heavy atom. The van der Waals surface area contributed by atoms with Crippen LogP contribution in [-0.4, -0.2) is 36.5 Å². The molecular weight excluding hydrogens is 176 g/mol. The Hall–Kier alpha value is -0.830. The van der Waals surface area contributed by atoms with Crippen molar-refractivity contribution >= 4 is 5.91 Å². The van der Waals surface area contributed by atoms with Crippen molar-refractivity contribution in [3.63, 3.8) is 0 Å². The molecule has 0 rings (SSSR count). The number of hydrogen-bond donors (Lipinski definition) is 1. The van der Waals surface area contributed by atoms with E-state index in [1.807, 2.05) is 33.9 Å². The minimum Gasteiger partial charge on any atom is -0.342 e. The summed E-state index contributed by atoms with van der Waals surface area (Å²) in [5, 5.41) is 3.16. The molecular formula is C11H22N2O. The van der Waals surface area contributed by atoms with Crippen LogP contribution in [0.2, 0.25) is 0 Å². The molecule has 1 unspecified atom stereocenters. The van der Waals surface area contributed by atoms with E-state index in [-0.39, 0.29) is 11.9 Å². The summed E-state index contributed by atoms with van der Waals surface area (Å²) in [7, 11) is 1.83. The Kier molecular flexibility index (Phi) is 6.21. The van der Waals surface area contributed by atoms with Crippen molar-refractivity contribution in [3.05, 3.63) is 12.7 Å². The van der Waals surface area contributed by atoms with Crippen LogP contribution in [-0.2, 0) is 4.79 Å². The summed E-state index contributed by atoms with van der Waals surface area (Å²) in [5.41, 5.74) is 0. The number of carbonyl (C=O) groups excluding carboxylic acids is 1. The maximum atomic E-state index is 11.5. The molecule has 1 atom stereocenters. The normalized spacial score (nSPS) is 12.6. The number of carbonyl (C=O) groups is 1. The maximum Gasteiger partial charge on any atom is 0.236 e. The van der Waals surface area contributed by atoms with E-state index in [4.69, 9.17) is 0 Å². The third kappa shape index (κ3) is 5.02. The molecule has 1 amide bonds. The summed E-state index contributed by atoms with van der Waals surface area (Å²) >= 11 is 0. The van der Waals surface area contributed by atoms with Crippen LogP contribution in [0.1, 0.15) is 27.2 Å². The van der Waals surface area contributed by atoms with E-state index in [9.17, 15) is 4.79 Å². The second-order valence-electron chi connectivity index (χ2n) is 3.90. The lowest BCUT2D eigenvalue weighted by Gasteiger charge is -2.22. The molecule has 14 heavy (non-hydrogen) atoms. The Balaban J connectivity index is 3.78. The first-order chi connectivity index (χ1) is 6.49. The van der Waals surface area contributed by atoms with Gasteiger partial charge in [-0.2, -0.15) is 0 Å². The lowest BCUT2D eigenvalue weighted by atomic mass is 10.2. The summed E-state index contributed by atoms with van der Waals surface area (Å²) in [5.74, 6) is 0.135. The predicted octanol–water partition coefficient (Wildman–Crippen LogP) is 1.41. The zero-order chi connectivity index (χ0) is 11.1. The third-order valence-corrected chi connectivity index (χ3v) is 2.29. The summed E-state index contributed by atoms with van der Waals surface area (Å²) in [6.45, 7) is 10.1. The van der Waals surface area contributed by atoms with Gasteiger partial charge in [0.05, 0.1) is 6.54 Å². The number of nitrogens with zero attached hydrogens (tertiary/aromatic N) is 1. The smallest absolute Gasteiger partial charge is 0.236 e. The van der Waals surface area contributed by atoms with Crippen LogP contribution in [0.3, 0.4) is 0 Å². The maximum absolute atomic E-state index is 11.5. The van der Waals surface area contributed by atoms with Crippen molar-refractivity contribution in [2.45, 2.75) is 39.3 Å². The molecule has 82 valence electrons. The monoisotopic (exact) mass is 198 g/mol. The van der Waals surface area contributed by atoms with Crippen LogP contribution in [0.15, 0.2) is 12.7 Å². The molecule has 0 heterocycles. The van der Waals surface area contributed by atoms with E-state index in [0.717, 1.165) is 6.42 Å². The van der Waals surface area contributed by atoms with E-state index in [0.29, 0.717) is 12.6 Å². The highest BCUT2D eigenvalue weighted by Gasteiger charge is 2.11. The molecule has 0 fully saturated rings. The predicted molar refractivity (Wildman–Crippen MR) is 60.2 cm³/mol. The minimum atomic E-state index is 0.135. The van der Waals surface area contributed by atoms with Crippen LogP contribution in [0.5, 0.6) is 0 Å². The first-order valence-electron chi connectivity index (χ1n) is 5.09. The van der Waals surface area contributed by atoms with Crippen molar-refractivity contribution in [1.82, 2.24) is 10.2 Å². The molecule has 0 bridgehead atoms. The Labute approximate surface area is 87.2 Å². The molecule has 3 nitrogen and oxygen atoms in total. The largest absolute Gasteiger partial charge is 0.342 e. The van der Waals surface area contributed by atoms with Crippen LogP contribution in [0.4, 0.5) is 0 Å². The van der Waals surface area contributed by atoms with Gasteiger partial charge in [0.1, 0.15) is 0 Å². The van der Waals surface area contributed by atoms with Gasteiger partial charge in [-0.3, -0.25) is 4.79 Å². The van der Waals surface area contributed by atoms with Crippen molar-refractivity contribution < 1.29 is 4.79 Å². The highest BCUT2D eigenvalue weighted by Crippen LogP contribution is 1.95. The standard InChI is InChI=1S/C11H22N2O/c1-6-7-10(4)12-8-11(14)13(5)9(2)3/h6,9-10,12H,1,7-8H2,2-5H3. The number of likely N-dealkylation sites (N-methyl/N-ethyl adjacent to an activating group) is 1. The van der Waals surface area contributed by atoms with Gasteiger partial charge in [0.2, 0.25) is 5.91 Å². The molecule has 0 radical (unpaired) electrons. The van der Waals surface area contributed by atoms with Crippen molar-refractivity contribution in [2.24, 2.45) is 0 Å². The van der Waals surface area contributed by atoms with Crippen molar-refractivity contribution in [2.75, 3.05) is 13.6 Å². The fourth-order valence-corrected chi connectivity index (χ4v) is 1.01. The number of rotatable bonds is 6. The molecule has 0 aromatic heterocycles. The van der Waals surface area contributed by atoms with Gasteiger partial charge in [0.15, 0.2) is 0 Å². The van der Waals surface area contributed by atoms with E-state index < -0.39 is 0 Å². The van der Waals surface area contributed by atoms with E-state index in [1.54, 1.807) is 4.90 Å². The highest BCUT2D eigenvalue weighted by atomic mass is 16.2. The average molecular weight is 198 g/mol. The highest BCUT2D eigenvalue weighted by molar-refractivity contribution is 5.78. The van der Waals surface area contributed by atoms with E-state index >= 15 is 0 Å². The number of amides is 1. The van der Waals surface area contributed by atoms with Gasteiger partial charge in [-0.15, -0.1) is 6.58 Å². The summed E-state index contributed by atoms with van der Waals surface area (Å²) in [6.07, 6.45) is 2.74. The van der Waals surface area contributed by atoms with Gasteiger partial charge in [-0.1, -0.05) is 6.08 Å². The molecule has 3 heteroatoms.